The summed E-state index contributed by atoms with van der Waals surface area (Å²) in [5, 5.41) is 0. The zero-order valence-electron chi connectivity index (χ0n) is 9.60. The van der Waals surface area contributed by atoms with Gasteiger partial charge in [-0.15, -0.1) is 0 Å². The molecule has 1 aromatic carbocycles. The molecule has 0 amide bonds. The lowest BCUT2D eigenvalue weighted by atomic mass is 10.2. The van der Waals surface area contributed by atoms with E-state index in [0.717, 1.165) is 0 Å². The van der Waals surface area contributed by atoms with Gasteiger partial charge in [-0.2, -0.15) is 0 Å². The van der Waals surface area contributed by atoms with E-state index in [0.29, 0.717) is 23.7 Å². The van der Waals surface area contributed by atoms with Gasteiger partial charge in [-0.1, -0.05) is 32.0 Å². The molecule has 0 unspecified atom stereocenters. The number of sulfonamides is 1. The Labute approximate surface area is 96.9 Å². The van der Waals surface area contributed by atoms with E-state index >= 15 is 0 Å². The minimum Gasteiger partial charge on any atom is -0.398 e. The van der Waals surface area contributed by atoms with Crippen LogP contribution in [0.2, 0.25) is 0 Å². The summed E-state index contributed by atoms with van der Waals surface area (Å²) in [6.45, 7) is 4.37. The molecule has 0 fully saturated rings. The third-order valence-electron chi connectivity index (χ3n) is 2.11. The first-order valence-corrected chi connectivity index (χ1v) is 6.86. The topological polar surface area (TPSA) is 72.2 Å². The molecule has 0 aromatic heterocycles. The van der Waals surface area contributed by atoms with Crippen molar-refractivity contribution in [1.29, 1.82) is 0 Å². The molecule has 1 rings (SSSR count). The zero-order valence-corrected chi connectivity index (χ0v) is 10.4. The van der Waals surface area contributed by atoms with Gasteiger partial charge in [-0.05, 0) is 17.5 Å². The van der Waals surface area contributed by atoms with Gasteiger partial charge in [0.2, 0.25) is 10.0 Å². The number of nitrogens with one attached hydrogen (secondary N) is 1. The SMILES string of the molecule is CC(C)CNS(=O)(=O)Cc1ccccc1N. The number of benzene rings is 1. The minimum atomic E-state index is -3.28. The van der Waals surface area contributed by atoms with E-state index in [9.17, 15) is 8.42 Å². The molecule has 0 aliphatic heterocycles. The maximum atomic E-state index is 11.7. The summed E-state index contributed by atoms with van der Waals surface area (Å²) < 4.78 is 25.9. The van der Waals surface area contributed by atoms with Crippen molar-refractivity contribution < 1.29 is 8.42 Å². The Kier molecular flexibility index (Phi) is 4.32. The van der Waals surface area contributed by atoms with Crippen molar-refractivity contribution in [3.8, 4) is 0 Å². The fourth-order valence-electron chi connectivity index (χ4n) is 1.22. The molecule has 0 saturated heterocycles. The van der Waals surface area contributed by atoms with Crippen molar-refractivity contribution in [3.63, 3.8) is 0 Å². The van der Waals surface area contributed by atoms with Gasteiger partial charge in [0.1, 0.15) is 0 Å². The largest absolute Gasteiger partial charge is 0.398 e. The lowest BCUT2D eigenvalue weighted by Gasteiger charge is -2.10. The Balaban J connectivity index is 2.70. The summed E-state index contributed by atoms with van der Waals surface area (Å²) in [6.07, 6.45) is 0. The molecule has 16 heavy (non-hydrogen) atoms. The molecule has 0 aliphatic rings. The van der Waals surface area contributed by atoms with Crippen LogP contribution in [0, 0.1) is 5.92 Å². The number of nitrogens with two attached hydrogens (primary N) is 1. The number of nitrogen functional groups attached to an aromatic ring is 1. The highest BCUT2D eigenvalue weighted by molar-refractivity contribution is 7.88. The van der Waals surface area contributed by atoms with Crippen LogP contribution in [0.5, 0.6) is 0 Å². The first-order chi connectivity index (χ1) is 7.41. The van der Waals surface area contributed by atoms with Crippen LogP contribution in [-0.2, 0) is 15.8 Å². The van der Waals surface area contributed by atoms with E-state index < -0.39 is 10.0 Å². The van der Waals surface area contributed by atoms with Gasteiger partial charge >= 0.3 is 0 Å². The Morgan fingerprint density at radius 2 is 1.94 bits per heavy atom. The number of hydrogen-bond donors (Lipinski definition) is 2. The second kappa shape index (κ2) is 5.32. The fourth-order valence-corrected chi connectivity index (χ4v) is 2.58. The van der Waals surface area contributed by atoms with Gasteiger partial charge < -0.3 is 5.73 Å². The van der Waals surface area contributed by atoms with E-state index in [2.05, 4.69) is 4.72 Å². The monoisotopic (exact) mass is 242 g/mol. The van der Waals surface area contributed by atoms with E-state index in [-0.39, 0.29) is 5.75 Å². The Morgan fingerprint density at radius 1 is 1.31 bits per heavy atom. The molecule has 5 heteroatoms. The molecule has 0 bridgehead atoms. The van der Waals surface area contributed by atoms with Crippen molar-refractivity contribution in [3.05, 3.63) is 29.8 Å². The Hall–Kier alpha value is -1.07. The molecular weight excluding hydrogens is 224 g/mol. The highest BCUT2D eigenvalue weighted by Gasteiger charge is 2.13. The van der Waals surface area contributed by atoms with Gasteiger partial charge in [-0.3, -0.25) is 0 Å². The van der Waals surface area contributed by atoms with Crippen LogP contribution in [-0.4, -0.2) is 15.0 Å². The first-order valence-electron chi connectivity index (χ1n) is 5.21. The summed E-state index contributed by atoms with van der Waals surface area (Å²) in [7, 11) is -3.28. The second-order valence-corrected chi connectivity index (χ2v) is 6.01. The minimum absolute atomic E-state index is 0.0631. The lowest BCUT2D eigenvalue weighted by Crippen LogP contribution is -2.28. The van der Waals surface area contributed by atoms with Crippen LogP contribution in [0.15, 0.2) is 24.3 Å². The predicted octanol–water partition coefficient (Wildman–Crippen LogP) is 1.34. The number of rotatable bonds is 5. The highest BCUT2D eigenvalue weighted by atomic mass is 32.2. The van der Waals surface area contributed by atoms with Crippen molar-refractivity contribution in [2.75, 3.05) is 12.3 Å². The predicted molar refractivity (Wildman–Crippen MR) is 66.3 cm³/mol. The smallest absolute Gasteiger partial charge is 0.215 e. The molecular formula is C11H18N2O2S. The van der Waals surface area contributed by atoms with Crippen LogP contribution in [0.1, 0.15) is 19.4 Å². The zero-order chi connectivity index (χ0) is 12.2. The number of hydrogen-bond acceptors (Lipinski definition) is 3. The quantitative estimate of drug-likeness (QED) is 0.765. The standard InChI is InChI=1S/C11H18N2O2S/c1-9(2)7-13-16(14,15)8-10-5-3-4-6-11(10)12/h3-6,9,13H,7-8,12H2,1-2H3. The van der Waals surface area contributed by atoms with Crippen molar-refractivity contribution in [1.82, 2.24) is 4.72 Å². The van der Waals surface area contributed by atoms with E-state index in [1.165, 1.54) is 0 Å². The molecule has 3 N–H and O–H groups in total. The Bertz CT molecular complexity index is 441. The van der Waals surface area contributed by atoms with Crippen LogP contribution in [0.4, 0.5) is 5.69 Å². The fraction of sp³-hybridized carbons (Fsp3) is 0.455. The maximum absolute atomic E-state index is 11.7. The summed E-state index contributed by atoms with van der Waals surface area (Å²) in [5.74, 6) is 0.231. The molecule has 4 nitrogen and oxygen atoms in total. The average molecular weight is 242 g/mol. The molecule has 0 aliphatic carbocycles. The van der Waals surface area contributed by atoms with Gasteiger partial charge in [-0.25, -0.2) is 13.1 Å². The highest BCUT2D eigenvalue weighted by Crippen LogP contribution is 2.13. The number of anilines is 1. The normalized spacial score (nSPS) is 11.9. The molecule has 0 atom stereocenters. The molecule has 1 aromatic rings. The third-order valence-corrected chi connectivity index (χ3v) is 3.41. The van der Waals surface area contributed by atoms with Crippen LogP contribution >= 0.6 is 0 Å². The first kappa shape index (κ1) is 13.0. The summed E-state index contributed by atoms with van der Waals surface area (Å²) in [6, 6.07) is 6.99. The van der Waals surface area contributed by atoms with Crippen molar-refractivity contribution >= 4 is 15.7 Å². The molecule has 0 heterocycles. The Morgan fingerprint density at radius 3 is 2.50 bits per heavy atom. The second-order valence-electron chi connectivity index (χ2n) is 4.20. The summed E-state index contributed by atoms with van der Waals surface area (Å²) in [4.78, 5) is 0. The van der Waals surface area contributed by atoms with Gasteiger partial charge in [0.15, 0.2) is 0 Å². The van der Waals surface area contributed by atoms with E-state index in [1.54, 1.807) is 24.3 Å². The van der Waals surface area contributed by atoms with Crippen molar-refractivity contribution in [2.24, 2.45) is 5.92 Å². The van der Waals surface area contributed by atoms with Crippen molar-refractivity contribution in [2.45, 2.75) is 19.6 Å². The van der Waals surface area contributed by atoms with E-state index in [4.69, 9.17) is 5.73 Å². The third kappa shape index (κ3) is 4.20. The molecule has 0 spiro atoms. The molecule has 0 radical (unpaired) electrons. The maximum Gasteiger partial charge on any atom is 0.215 e. The van der Waals surface area contributed by atoms with Crippen LogP contribution in [0.25, 0.3) is 0 Å². The molecule has 90 valence electrons. The molecule has 0 saturated carbocycles. The van der Waals surface area contributed by atoms with Crippen LogP contribution < -0.4 is 10.5 Å². The van der Waals surface area contributed by atoms with Gasteiger partial charge in [0.05, 0.1) is 5.75 Å². The van der Waals surface area contributed by atoms with Crippen LogP contribution in [0.3, 0.4) is 0 Å². The summed E-state index contributed by atoms with van der Waals surface area (Å²) >= 11 is 0. The van der Waals surface area contributed by atoms with Gasteiger partial charge in [0, 0.05) is 12.2 Å². The summed E-state index contributed by atoms with van der Waals surface area (Å²) in [5.41, 5.74) is 6.84. The lowest BCUT2D eigenvalue weighted by molar-refractivity contribution is 0.559. The number of para-hydroxylation sites is 1. The van der Waals surface area contributed by atoms with Gasteiger partial charge in [0.25, 0.3) is 0 Å². The average Bonchev–Trinajstić information content (AvgIpc) is 2.19. The van der Waals surface area contributed by atoms with E-state index in [1.807, 2.05) is 13.8 Å².